The third kappa shape index (κ3) is 4.36. The second-order valence-electron chi connectivity index (χ2n) is 6.71. The maximum Gasteiger partial charge on any atom is 0.310 e. The average molecular weight is 376 g/mol. The van der Waals surface area contributed by atoms with Crippen molar-refractivity contribution in [3.63, 3.8) is 0 Å². The molecule has 144 valence electrons. The highest BCUT2D eigenvalue weighted by molar-refractivity contribution is 5.98. The molecular formula is C23H24N2O3. The fourth-order valence-corrected chi connectivity index (χ4v) is 3.10. The van der Waals surface area contributed by atoms with Crippen molar-refractivity contribution in [1.82, 2.24) is 9.78 Å². The molecule has 0 fully saturated rings. The number of rotatable bonds is 7. The summed E-state index contributed by atoms with van der Waals surface area (Å²) in [6, 6.07) is 17.1. The van der Waals surface area contributed by atoms with Crippen LogP contribution in [0.2, 0.25) is 0 Å². The second kappa shape index (κ2) is 8.65. The van der Waals surface area contributed by atoms with E-state index in [4.69, 9.17) is 4.74 Å². The SMILES string of the molecule is CCc1ccc(C(=O)COC(=O)Cc2c(C)nn(-c3ccccc3)c2C)cc1. The monoisotopic (exact) mass is 376 g/mol. The Morgan fingerprint density at radius 1 is 1.00 bits per heavy atom. The Morgan fingerprint density at radius 3 is 2.32 bits per heavy atom. The van der Waals surface area contributed by atoms with Crippen molar-refractivity contribution in [1.29, 1.82) is 0 Å². The molecule has 0 amide bonds. The number of aryl methyl sites for hydroxylation is 2. The second-order valence-corrected chi connectivity index (χ2v) is 6.71. The van der Waals surface area contributed by atoms with Gasteiger partial charge in [-0.25, -0.2) is 4.68 Å². The lowest BCUT2D eigenvalue weighted by Crippen LogP contribution is -2.16. The van der Waals surface area contributed by atoms with Crippen LogP contribution in [0.1, 0.15) is 39.8 Å². The summed E-state index contributed by atoms with van der Waals surface area (Å²) in [4.78, 5) is 24.5. The first-order valence-electron chi connectivity index (χ1n) is 9.38. The normalized spacial score (nSPS) is 10.7. The molecule has 0 saturated heterocycles. The van der Waals surface area contributed by atoms with Gasteiger partial charge in [0.2, 0.25) is 0 Å². The molecule has 0 aliphatic carbocycles. The molecular weight excluding hydrogens is 352 g/mol. The molecule has 0 radical (unpaired) electrons. The molecule has 0 saturated carbocycles. The van der Waals surface area contributed by atoms with Gasteiger partial charge in [-0.2, -0.15) is 5.10 Å². The van der Waals surface area contributed by atoms with Crippen molar-refractivity contribution in [2.45, 2.75) is 33.6 Å². The van der Waals surface area contributed by atoms with Gasteiger partial charge < -0.3 is 4.74 Å². The van der Waals surface area contributed by atoms with E-state index in [9.17, 15) is 9.59 Å². The van der Waals surface area contributed by atoms with Crippen molar-refractivity contribution >= 4 is 11.8 Å². The van der Waals surface area contributed by atoms with Gasteiger partial charge >= 0.3 is 5.97 Å². The van der Waals surface area contributed by atoms with E-state index in [-0.39, 0.29) is 18.8 Å². The van der Waals surface area contributed by atoms with Crippen molar-refractivity contribution in [2.75, 3.05) is 6.61 Å². The average Bonchev–Trinajstić information content (AvgIpc) is 3.01. The fourth-order valence-electron chi connectivity index (χ4n) is 3.10. The Bertz CT molecular complexity index is 973. The van der Waals surface area contributed by atoms with Crippen LogP contribution in [0.25, 0.3) is 5.69 Å². The van der Waals surface area contributed by atoms with Gasteiger partial charge in [0.1, 0.15) is 0 Å². The summed E-state index contributed by atoms with van der Waals surface area (Å²) < 4.78 is 7.04. The minimum Gasteiger partial charge on any atom is -0.457 e. The predicted octanol–water partition coefficient (Wildman–Crippen LogP) is 4.02. The van der Waals surface area contributed by atoms with Crippen molar-refractivity contribution in [2.24, 2.45) is 0 Å². The van der Waals surface area contributed by atoms with Gasteiger partial charge in [-0.1, -0.05) is 49.4 Å². The zero-order valence-corrected chi connectivity index (χ0v) is 16.4. The quantitative estimate of drug-likeness (QED) is 0.462. The van der Waals surface area contributed by atoms with Crippen LogP contribution in [0.4, 0.5) is 0 Å². The number of para-hydroxylation sites is 1. The number of hydrogen-bond donors (Lipinski definition) is 0. The van der Waals surface area contributed by atoms with Crippen LogP contribution in [0.5, 0.6) is 0 Å². The molecule has 1 heterocycles. The summed E-state index contributed by atoms with van der Waals surface area (Å²) in [6.07, 6.45) is 1.01. The zero-order valence-electron chi connectivity index (χ0n) is 16.4. The Kier molecular flexibility index (Phi) is 6.04. The number of aromatic nitrogens is 2. The van der Waals surface area contributed by atoms with Gasteiger partial charge in [0.05, 0.1) is 17.8 Å². The number of carbonyl (C=O) groups excluding carboxylic acids is 2. The maximum absolute atomic E-state index is 12.3. The summed E-state index contributed by atoms with van der Waals surface area (Å²) in [6.45, 7) is 5.60. The summed E-state index contributed by atoms with van der Waals surface area (Å²) in [5.74, 6) is -0.637. The van der Waals surface area contributed by atoms with Crippen LogP contribution in [0, 0.1) is 13.8 Å². The van der Waals surface area contributed by atoms with Gasteiger partial charge in [0.25, 0.3) is 0 Å². The van der Waals surface area contributed by atoms with E-state index < -0.39 is 5.97 Å². The van der Waals surface area contributed by atoms with E-state index in [1.807, 2.05) is 61.0 Å². The zero-order chi connectivity index (χ0) is 20.1. The summed E-state index contributed by atoms with van der Waals surface area (Å²) in [5.41, 5.74) is 5.15. The van der Waals surface area contributed by atoms with Crippen molar-refractivity contribution < 1.29 is 14.3 Å². The van der Waals surface area contributed by atoms with Gasteiger partial charge in [-0.15, -0.1) is 0 Å². The van der Waals surface area contributed by atoms with E-state index in [0.29, 0.717) is 5.56 Å². The first-order valence-corrected chi connectivity index (χ1v) is 9.38. The number of Topliss-reactive ketones (excluding diaryl/α,β-unsaturated/α-hetero) is 1. The number of hydrogen-bond acceptors (Lipinski definition) is 4. The highest BCUT2D eigenvalue weighted by atomic mass is 16.5. The maximum atomic E-state index is 12.3. The Labute approximate surface area is 165 Å². The lowest BCUT2D eigenvalue weighted by molar-refractivity contribution is -0.141. The molecule has 0 aliphatic rings. The lowest BCUT2D eigenvalue weighted by Gasteiger charge is -2.07. The fraction of sp³-hybridized carbons (Fsp3) is 0.261. The van der Waals surface area contributed by atoms with Crippen LogP contribution < -0.4 is 0 Å². The molecule has 3 rings (SSSR count). The summed E-state index contributed by atoms with van der Waals surface area (Å²) in [5, 5.41) is 4.53. The standard InChI is InChI=1S/C23H24N2O3/c1-4-18-10-12-19(13-11-18)22(26)15-28-23(27)14-21-16(2)24-25(17(21)3)20-8-6-5-7-9-20/h5-13H,4,14-15H2,1-3H3. The third-order valence-electron chi connectivity index (χ3n) is 4.81. The molecule has 0 atom stereocenters. The first kappa shape index (κ1) is 19.5. The first-order chi connectivity index (χ1) is 13.5. The van der Waals surface area contributed by atoms with Gasteiger partial charge in [0.15, 0.2) is 12.4 Å². The number of esters is 1. The smallest absolute Gasteiger partial charge is 0.310 e. The third-order valence-corrected chi connectivity index (χ3v) is 4.81. The molecule has 0 N–H and O–H groups in total. The van der Waals surface area contributed by atoms with Crippen LogP contribution in [-0.2, 0) is 22.4 Å². The van der Waals surface area contributed by atoms with Crippen LogP contribution in [0.3, 0.4) is 0 Å². The molecule has 0 bridgehead atoms. The van der Waals surface area contributed by atoms with E-state index in [1.165, 1.54) is 0 Å². The molecule has 28 heavy (non-hydrogen) atoms. The highest BCUT2D eigenvalue weighted by Gasteiger charge is 2.17. The molecule has 0 spiro atoms. The predicted molar refractivity (Wildman–Crippen MR) is 108 cm³/mol. The van der Waals surface area contributed by atoms with Crippen molar-refractivity contribution in [3.8, 4) is 5.69 Å². The molecule has 0 unspecified atom stereocenters. The minimum absolute atomic E-state index is 0.0898. The van der Waals surface area contributed by atoms with Gasteiger partial charge in [0, 0.05) is 16.8 Å². The van der Waals surface area contributed by atoms with E-state index in [1.54, 1.807) is 12.1 Å². The molecule has 1 aromatic heterocycles. The van der Waals surface area contributed by atoms with Crippen molar-refractivity contribution in [3.05, 3.63) is 82.7 Å². The Balaban J connectivity index is 1.63. The molecule has 0 aliphatic heterocycles. The molecule has 3 aromatic rings. The summed E-state index contributed by atoms with van der Waals surface area (Å²) >= 11 is 0. The Morgan fingerprint density at radius 2 is 1.68 bits per heavy atom. The minimum atomic E-state index is -0.433. The number of nitrogens with zero attached hydrogens (tertiary/aromatic N) is 2. The number of ketones is 1. The van der Waals surface area contributed by atoms with E-state index in [2.05, 4.69) is 12.0 Å². The number of carbonyl (C=O) groups is 2. The van der Waals surface area contributed by atoms with E-state index >= 15 is 0 Å². The topological polar surface area (TPSA) is 61.2 Å². The van der Waals surface area contributed by atoms with E-state index in [0.717, 1.165) is 34.6 Å². The van der Waals surface area contributed by atoms with Crippen LogP contribution in [0.15, 0.2) is 54.6 Å². The summed E-state index contributed by atoms with van der Waals surface area (Å²) in [7, 11) is 0. The van der Waals surface area contributed by atoms with Gasteiger partial charge in [-0.05, 0) is 38.0 Å². The van der Waals surface area contributed by atoms with Crippen LogP contribution >= 0.6 is 0 Å². The van der Waals surface area contributed by atoms with Crippen LogP contribution in [-0.4, -0.2) is 28.1 Å². The largest absolute Gasteiger partial charge is 0.457 e. The highest BCUT2D eigenvalue weighted by Crippen LogP contribution is 2.18. The molecule has 5 nitrogen and oxygen atoms in total. The molecule has 2 aromatic carbocycles. The van der Waals surface area contributed by atoms with Gasteiger partial charge in [-0.3, -0.25) is 9.59 Å². The number of benzene rings is 2. The number of ether oxygens (including phenoxy) is 1. The molecule has 5 heteroatoms. The Hall–Kier alpha value is -3.21. The lowest BCUT2D eigenvalue weighted by atomic mass is 10.1.